The number of cyclic esters (lactones) is 1. The van der Waals surface area contributed by atoms with Gasteiger partial charge in [-0.25, -0.2) is 23.9 Å². The van der Waals surface area contributed by atoms with Gasteiger partial charge in [0.2, 0.25) is 22.8 Å². The second kappa shape index (κ2) is 11.3. The van der Waals surface area contributed by atoms with Crippen LogP contribution in [0.25, 0.3) is 0 Å². The topological polar surface area (TPSA) is 286 Å². The lowest BCUT2D eigenvalue weighted by molar-refractivity contribution is -0.570. The van der Waals surface area contributed by atoms with Crippen molar-refractivity contribution in [3.8, 4) is 5.75 Å². The highest BCUT2D eigenvalue weighted by Crippen LogP contribution is 2.37. The maximum absolute atomic E-state index is 13.5. The number of hydrogen-bond donors (Lipinski definition) is 6. The van der Waals surface area contributed by atoms with E-state index in [-0.39, 0.29) is 35.9 Å². The van der Waals surface area contributed by atoms with Crippen LogP contribution in [-0.2, 0) is 44.9 Å². The number of hydroxylamine groups is 2. The number of oxime groups is 1. The minimum atomic E-state index is -2.73. The number of carboxylic acids is 2. The molecule has 5 heterocycles. The van der Waals surface area contributed by atoms with Crippen molar-refractivity contribution < 1.29 is 63.4 Å². The molecule has 0 radical (unpaired) electrons. The Labute approximate surface area is 265 Å². The number of aromatic hydroxyl groups is 1. The number of carbonyl (C=O) groups excluding carboxylic acids is 3. The van der Waals surface area contributed by atoms with Crippen LogP contribution in [0.5, 0.6) is 5.75 Å². The van der Waals surface area contributed by atoms with Gasteiger partial charge in [0.25, 0.3) is 11.8 Å². The fourth-order valence-corrected chi connectivity index (χ4v) is 6.32. The van der Waals surface area contributed by atoms with Crippen molar-refractivity contribution in [2.45, 2.75) is 62.1 Å². The Morgan fingerprint density at radius 1 is 1.17 bits per heavy atom. The number of aliphatic hydroxyl groups is 1. The van der Waals surface area contributed by atoms with E-state index in [0.717, 1.165) is 32.7 Å². The summed E-state index contributed by atoms with van der Waals surface area (Å²) in [6.45, 7) is -0.860. The summed E-state index contributed by atoms with van der Waals surface area (Å²) in [5.41, 5.74) is 0.123. The summed E-state index contributed by atoms with van der Waals surface area (Å²) in [5.74, 6) is -7.10. The van der Waals surface area contributed by atoms with Crippen LogP contribution in [0.3, 0.4) is 0 Å². The number of carboxylic acid groups (broad SMARTS) is 2. The number of thiazole rings is 1. The first-order valence-corrected chi connectivity index (χ1v) is 14.9. The SMILES string of the molecule is Nc1nc(/C(=N/OC2(C(=O)O)CCCC2)C(=O)N[C@H]2CON(C3(C(=O)O)CC([N+]4=C(O)n5cc(O)c(=O)cc5C4)C(=O)O3)C2=O)cs1. The van der Waals surface area contributed by atoms with E-state index < -0.39 is 89.1 Å². The summed E-state index contributed by atoms with van der Waals surface area (Å²) in [6.07, 6.45) is 1.56. The van der Waals surface area contributed by atoms with Crippen LogP contribution in [0.4, 0.5) is 5.13 Å². The largest absolute Gasteiger partial charge is 0.502 e. The van der Waals surface area contributed by atoms with Crippen molar-refractivity contribution in [3.63, 3.8) is 0 Å². The molecule has 2 unspecified atom stereocenters. The Balaban J connectivity index is 1.22. The van der Waals surface area contributed by atoms with Crippen molar-refractivity contribution in [1.82, 2.24) is 19.9 Å². The van der Waals surface area contributed by atoms with Gasteiger partial charge in [0, 0.05) is 24.3 Å². The molecule has 3 aliphatic heterocycles. The minimum Gasteiger partial charge on any atom is -0.502 e. The van der Waals surface area contributed by atoms with Gasteiger partial charge in [0.1, 0.15) is 24.5 Å². The standard InChI is InChI=1S/C26H25N7O13S/c27-23-29-13(10-47-23)17(30-46-25(21(39)40)3-1-2-4-25)18(36)28-12-9-44-33(19(12)37)26(22(41)42)6-14(20(38)45-26)32-7-11-5-15(34)16(35)8-31(11)24(32)43/h5,8,10,12,14H,1-4,6-7,9H2,(H6,27,28,29,35,36,39,40,41,42)/p+1/b30-17-/t12-,14?,26?/m0/s1. The number of nitrogens with two attached hydrogens (primary N) is 1. The molecule has 248 valence electrons. The second-order valence-corrected chi connectivity index (χ2v) is 12.0. The predicted molar refractivity (Wildman–Crippen MR) is 152 cm³/mol. The molecule has 6 rings (SSSR count). The molecule has 3 atom stereocenters. The molecule has 3 fully saturated rings. The summed E-state index contributed by atoms with van der Waals surface area (Å²) >= 11 is 0.953. The molecule has 21 heteroatoms. The zero-order chi connectivity index (χ0) is 33.8. The quantitative estimate of drug-likeness (QED) is 0.0729. The second-order valence-electron chi connectivity index (χ2n) is 11.1. The van der Waals surface area contributed by atoms with Gasteiger partial charge in [-0.2, -0.15) is 9.63 Å². The molecule has 7 N–H and O–H groups in total. The van der Waals surface area contributed by atoms with Crippen LogP contribution in [-0.4, -0.2) is 111 Å². The molecule has 2 amide bonds. The van der Waals surface area contributed by atoms with Crippen molar-refractivity contribution in [2.75, 3.05) is 12.3 Å². The number of esters is 1. The monoisotopic (exact) mass is 676 g/mol. The first-order valence-electron chi connectivity index (χ1n) is 14.0. The van der Waals surface area contributed by atoms with Crippen molar-refractivity contribution in [2.24, 2.45) is 5.16 Å². The molecule has 0 spiro atoms. The molecule has 0 bridgehead atoms. The average molecular weight is 677 g/mol. The number of pyridine rings is 1. The summed E-state index contributed by atoms with van der Waals surface area (Å²) in [7, 11) is 0. The third-order valence-corrected chi connectivity index (χ3v) is 8.91. The van der Waals surface area contributed by atoms with E-state index >= 15 is 0 Å². The van der Waals surface area contributed by atoms with Gasteiger partial charge >= 0.3 is 29.7 Å². The molecule has 0 aromatic carbocycles. The van der Waals surface area contributed by atoms with Crippen LogP contribution in [0.15, 0.2) is 27.6 Å². The molecule has 20 nitrogen and oxygen atoms in total. The van der Waals surface area contributed by atoms with Gasteiger partial charge in [0.15, 0.2) is 23.1 Å². The maximum atomic E-state index is 13.5. The summed E-state index contributed by atoms with van der Waals surface area (Å²) < 4.78 is 7.26. The zero-order valence-corrected chi connectivity index (χ0v) is 24.8. The van der Waals surface area contributed by atoms with Gasteiger partial charge in [-0.3, -0.25) is 19.2 Å². The van der Waals surface area contributed by atoms with Crippen LogP contribution < -0.4 is 16.5 Å². The number of nitrogens with zero attached hydrogens (tertiary/aromatic N) is 5. The first-order chi connectivity index (χ1) is 22.3. The van der Waals surface area contributed by atoms with Crippen LogP contribution in [0, 0.1) is 0 Å². The number of nitrogens with one attached hydrogen (secondary N) is 1. The zero-order valence-electron chi connectivity index (χ0n) is 24.0. The van der Waals surface area contributed by atoms with Crippen molar-refractivity contribution >= 4 is 57.9 Å². The molecule has 1 saturated carbocycles. The number of anilines is 1. The minimum absolute atomic E-state index is 0.0508. The average Bonchev–Trinajstić information content (AvgIpc) is 3.84. The summed E-state index contributed by atoms with van der Waals surface area (Å²) in [6, 6.07) is -2.62. The van der Waals surface area contributed by atoms with Crippen LogP contribution in [0.1, 0.15) is 43.5 Å². The van der Waals surface area contributed by atoms with E-state index in [1.54, 1.807) is 0 Å². The van der Waals surface area contributed by atoms with E-state index in [1.807, 2.05) is 0 Å². The molecular weight excluding hydrogens is 650 g/mol. The lowest BCUT2D eigenvalue weighted by atomic mass is 10.0. The Hall–Kier alpha value is -5.57. The van der Waals surface area contributed by atoms with E-state index in [2.05, 4.69) is 15.5 Å². The molecule has 1 aliphatic carbocycles. The fraction of sp³-hybridized carbons (Fsp3) is 0.423. The van der Waals surface area contributed by atoms with Crippen molar-refractivity contribution in [3.05, 3.63) is 39.3 Å². The summed E-state index contributed by atoms with van der Waals surface area (Å²) in [4.78, 5) is 91.0. The lowest BCUT2D eigenvalue weighted by Crippen LogP contribution is -2.57. The number of amides is 2. The normalized spacial score (nSPS) is 25.2. The van der Waals surface area contributed by atoms with E-state index in [9.17, 15) is 49.2 Å². The Bertz CT molecular complexity index is 1850. The van der Waals surface area contributed by atoms with Gasteiger partial charge in [-0.05, 0) is 12.8 Å². The summed E-state index contributed by atoms with van der Waals surface area (Å²) in [5, 5.41) is 48.2. The number of rotatable bonds is 9. The number of fused-ring (bicyclic) bond motifs is 1. The number of aromatic nitrogens is 2. The Kier molecular flexibility index (Phi) is 7.58. The van der Waals surface area contributed by atoms with Gasteiger partial charge < -0.3 is 41.1 Å². The van der Waals surface area contributed by atoms with E-state index in [4.69, 9.17) is 20.1 Å². The smallest absolute Gasteiger partial charge is 0.455 e. The van der Waals surface area contributed by atoms with E-state index in [0.29, 0.717) is 17.9 Å². The number of hydrogen-bond acceptors (Lipinski definition) is 14. The molecule has 2 aromatic heterocycles. The number of nitrogen functional groups attached to an aromatic ring is 1. The number of ether oxygens (including phenoxy) is 1. The lowest BCUT2D eigenvalue weighted by Gasteiger charge is -2.30. The number of aliphatic hydroxyl groups excluding tert-OH is 1. The molecule has 4 aliphatic rings. The third-order valence-electron chi connectivity index (χ3n) is 8.23. The molecule has 2 saturated heterocycles. The molecule has 2 aromatic rings. The molecular formula is C26H26N7O13S+. The Morgan fingerprint density at radius 2 is 1.89 bits per heavy atom. The van der Waals surface area contributed by atoms with Crippen LogP contribution in [0.2, 0.25) is 0 Å². The highest BCUT2D eigenvalue weighted by atomic mass is 32.1. The van der Waals surface area contributed by atoms with Gasteiger partial charge in [-0.1, -0.05) is 5.16 Å². The number of aliphatic carboxylic acids is 2. The predicted octanol–water partition coefficient (Wildman–Crippen LogP) is -1.95. The maximum Gasteiger partial charge on any atom is 0.455 e. The third kappa shape index (κ3) is 5.17. The van der Waals surface area contributed by atoms with Gasteiger partial charge in [-0.15, -0.1) is 11.3 Å². The van der Waals surface area contributed by atoms with Crippen LogP contribution >= 0.6 is 11.3 Å². The molecule has 47 heavy (non-hydrogen) atoms. The Morgan fingerprint density at radius 3 is 2.53 bits per heavy atom. The van der Waals surface area contributed by atoms with Gasteiger partial charge in [0.05, 0.1) is 6.42 Å². The highest BCUT2D eigenvalue weighted by Gasteiger charge is 2.65. The van der Waals surface area contributed by atoms with Crippen molar-refractivity contribution in [1.29, 1.82) is 0 Å². The van der Waals surface area contributed by atoms with E-state index in [1.165, 1.54) is 5.38 Å². The fourth-order valence-electron chi connectivity index (χ4n) is 5.77. The number of carbonyl (C=O) groups is 5. The highest BCUT2D eigenvalue weighted by molar-refractivity contribution is 7.13. The first kappa shape index (κ1) is 31.4.